The maximum atomic E-state index is 5.45. The Morgan fingerprint density at radius 2 is 2.56 bits per heavy atom. The molecule has 2 aromatic rings. The quantitative estimate of drug-likeness (QED) is 0.911. The summed E-state index contributed by atoms with van der Waals surface area (Å²) in [5, 5.41) is 9.41. The number of aromatic nitrogens is 2. The first-order valence-electron chi connectivity index (χ1n) is 5.92. The lowest BCUT2D eigenvalue weighted by Crippen LogP contribution is -2.34. The number of nitrogens with one attached hydrogen (secondary N) is 1. The summed E-state index contributed by atoms with van der Waals surface area (Å²) in [6.07, 6.45) is 0.965. The molecule has 0 bridgehead atoms. The van der Waals surface area contributed by atoms with E-state index in [0.717, 1.165) is 24.4 Å². The zero-order chi connectivity index (χ0) is 12.4. The lowest BCUT2D eigenvalue weighted by atomic mass is 9.88. The van der Waals surface area contributed by atoms with Gasteiger partial charge in [0.15, 0.2) is 0 Å². The summed E-state index contributed by atoms with van der Waals surface area (Å²) in [5.74, 6) is 1.35. The molecule has 6 heteroatoms. The van der Waals surface area contributed by atoms with Crippen molar-refractivity contribution in [1.82, 2.24) is 15.5 Å². The normalized spacial score (nSPS) is 23.6. The third kappa shape index (κ3) is 1.96. The van der Waals surface area contributed by atoms with E-state index in [9.17, 15) is 0 Å². The SMILES string of the molecule is COCC1(c2nc(-c3cccs3)no2)CCNC1. The fourth-order valence-corrected chi connectivity index (χ4v) is 2.98. The number of hydrogen-bond acceptors (Lipinski definition) is 6. The molecule has 5 nitrogen and oxygen atoms in total. The van der Waals surface area contributed by atoms with Crippen LogP contribution < -0.4 is 5.32 Å². The van der Waals surface area contributed by atoms with E-state index in [1.165, 1.54) is 0 Å². The summed E-state index contributed by atoms with van der Waals surface area (Å²) in [6.45, 7) is 2.39. The third-order valence-electron chi connectivity index (χ3n) is 3.29. The lowest BCUT2D eigenvalue weighted by Gasteiger charge is -2.22. The number of thiophene rings is 1. The van der Waals surface area contributed by atoms with E-state index in [-0.39, 0.29) is 5.41 Å². The van der Waals surface area contributed by atoms with Crippen molar-refractivity contribution in [3.8, 4) is 10.7 Å². The molecule has 96 valence electrons. The van der Waals surface area contributed by atoms with Crippen molar-refractivity contribution in [3.63, 3.8) is 0 Å². The molecule has 1 aliphatic heterocycles. The minimum Gasteiger partial charge on any atom is -0.384 e. The van der Waals surface area contributed by atoms with Crippen molar-refractivity contribution in [2.24, 2.45) is 0 Å². The van der Waals surface area contributed by atoms with Crippen molar-refractivity contribution in [3.05, 3.63) is 23.4 Å². The average Bonchev–Trinajstić information content (AvgIpc) is 3.11. The molecular formula is C12H15N3O2S. The molecular weight excluding hydrogens is 250 g/mol. The summed E-state index contributed by atoms with van der Waals surface area (Å²) < 4.78 is 10.8. The fraction of sp³-hybridized carbons (Fsp3) is 0.500. The van der Waals surface area contributed by atoms with E-state index in [1.54, 1.807) is 18.4 Å². The Kier molecular flexibility index (Phi) is 3.15. The van der Waals surface area contributed by atoms with Crippen molar-refractivity contribution in [1.29, 1.82) is 0 Å². The van der Waals surface area contributed by atoms with Gasteiger partial charge in [0.2, 0.25) is 11.7 Å². The maximum Gasteiger partial charge on any atom is 0.236 e. The van der Waals surface area contributed by atoms with Crippen molar-refractivity contribution in [2.75, 3.05) is 26.8 Å². The molecule has 0 aliphatic carbocycles. The predicted octanol–water partition coefficient (Wildman–Crippen LogP) is 1.68. The molecule has 0 spiro atoms. The number of ether oxygens (including phenoxy) is 1. The number of rotatable bonds is 4. The maximum absolute atomic E-state index is 5.45. The smallest absolute Gasteiger partial charge is 0.236 e. The molecule has 1 aliphatic rings. The van der Waals surface area contributed by atoms with Gasteiger partial charge in [0, 0.05) is 13.7 Å². The van der Waals surface area contributed by atoms with Gasteiger partial charge in [-0.05, 0) is 24.4 Å². The van der Waals surface area contributed by atoms with Gasteiger partial charge in [-0.25, -0.2) is 0 Å². The highest BCUT2D eigenvalue weighted by Gasteiger charge is 2.41. The van der Waals surface area contributed by atoms with Gasteiger partial charge in [-0.1, -0.05) is 11.2 Å². The average molecular weight is 265 g/mol. The van der Waals surface area contributed by atoms with E-state index < -0.39 is 0 Å². The molecule has 0 amide bonds. The molecule has 2 aromatic heterocycles. The Hall–Kier alpha value is -1.24. The van der Waals surface area contributed by atoms with Crippen LogP contribution in [0.15, 0.2) is 22.0 Å². The highest BCUT2D eigenvalue weighted by atomic mass is 32.1. The molecule has 3 heterocycles. The highest BCUT2D eigenvalue weighted by molar-refractivity contribution is 7.13. The first kappa shape index (κ1) is 11.8. The second-order valence-corrected chi connectivity index (χ2v) is 5.49. The molecule has 1 N–H and O–H groups in total. The van der Waals surface area contributed by atoms with Gasteiger partial charge in [-0.2, -0.15) is 4.98 Å². The van der Waals surface area contributed by atoms with E-state index in [2.05, 4.69) is 15.5 Å². The Bertz CT molecular complexity index is 503. The molecule has 1 saturated heterocycles. The molecule has 0 saturated carbocycles. The van der Waals surface area contributed by atoms with Crippen molar-refractivity contribution >= 4 is 11.3 Å². The van der Waals surface area contributed by atoms with E-state index in [1.807, 2.05) is 17.5 Å². The monoisotopic (exact) mass is 265 g/mol. The van der Waals surface area contributed by atoms with E-state index in [0.29, 0.717) is 18.3 Å². The third-order valence-corrected chi connectivity index (χ3v) is 4.15. The summed E-state index contributed by atoms with van der Waals surface area (Å²) in [6, 6.07) is 3.98. The predicted molar refractivity (Wildman–Crippen MR) is 68.7 cm³/mol. The summed E-state index contributed by atoms with van der Waals surface area (Å²) in [7, 11) is 1.70. The second kappa shape index (κ2) is 4.79. The molecule has 3 rings (SSSR count). The Morgan fingerprint density at radius 3 is 3.22 bits per heavy atom. The van der Waals surface area contributed by atoms with Crippen molar-refractivity contribution in [2.45, 2.75) is 11.8 Å². The molecule has 1 fully saturated rings. The van der Waals surface area contributed by atoms with E-state index in [4.69, 9.17) is 9.26 Å². The minimum atomic E-state index is -0.169. The van der Waals surface area contributed by atoms with E-state index >= 15 is 0 Å². The molecule has 1 unspecified atom stereocenters. The fourth-order valence-electron chi connectivity index (χ4n) is 2.33. The summed E-state index contributed by atoms with van der Waals surface area (Å²) >= 11 is 1.61. The topological polar surface area (TPSA) is 60.2 Å². The van der Waals surface area contributed by atoms with Gasteiger partial charge in [0.1, 0.15) is 0 Å². The van der Waals surface area contributed by atoms with Gasteiger partial charge >= 0.3 is 0 Å². The van der Waals surface area contributed by atoms with Gasteiger partial charge in [-0.15, -0.1) is 11.3 Å². The number of hydrogen-bond donors (Lipinski definition) is 1. The first-order valence-corrected chi connectivity index (χ1v) is 6.80. The second-order valence-electron chi connectivity index (χ2n) is 4.54. The lowest BCUT2D eigenvalue weighted by molar-refractivity contribution is 0.117. The number of methoxy groups -OCH3 is 1. The Labute approximate surface area is 109 Å². The first-order chi connectivity index (χ1) is 8.84. The Balaban J connectivity index is 1.92. The van der Waals surface area contributed by atoms with Crippen molar-refractivity contribution < 1.29 is 9.26 Å². The number of nitrogens with zero attached hydrogens (tertiary/aromatic N) is 2. The van der Waals surface area contributed by atoms with Crippen LogP contribution in [0, 0.1) is 0 Å². The standard InChI is InChI=1S/C12H15N3O2S/c1-16-8-12(4-5-13-7-12)11-14-10(15-17-11)9-3-2-6-18-9/h2-3,6,13H,4-5,7-8H2,1H3. The van der Waals surface area contributed by atoms with Crippen LogP contribution in [0.3, 0.4) is 0 Å². The van der Waals surface area contributed by atoms with Gasteiger partial charge in [0.05, 0.1) is 16.9 Å². The van der Waals surface area contributed by atoms with Crippen LogP contribution in [0.25, 0.3) is 10.7 Å². The molecule has 1 atom stereocenters. The van der Waals surface area contributed by atoms with Crippen LogP contribution in [0.4, 0.5) is 0 Å². The Morgan fingerprint density at radius 1 is 1.61 bits per heavy atom. The van der Waals surface area contributed by atoms with Crippen LogP contribution >= 0.6 is 11.3 Å². The van der Waals surface area contributed by atoms with Gasteiger partial charge in [-0.3, -0.25) is 0 Å². The molecule has 0 radical (unpaired) electrons. The minimum absolute atomic E-state index is 0.169. The van der Waals surface area contributed by atoms with Crippen LogP contribution in [0.5, 0.6) is 0 Å². The summed E-state index contributed by atoms with van der Waals surface area (Å²) in [5.41, 5.74) is -0.169. The van der Waals surface area contributed by atoms with Crippen LogP contribution in [-0.4, -0.2) is 36.9 Å². The molecule has 0 aromatic carbocycles. The van der Waals surface area contributed by atoms with Crippen LogP contribution in [0.1, 0.15) is 12.3 Å². The van der Waals surface area contributed by atoms with Crippen LogP contribution in [-0.2, 0) is 10.2 Å². The highest BCUT2D eigenvalue weighted by Crippen LogP contribution is 2.32. The van der Waals surface area contributed by atoms with Gasteiger partial charge < -0.3 is 14.6 Å². The van der Waals surface area contributed by atoms with Crippen LogP contribution in [0.2, 0.25) is 0 Å². The summed E-state index contributed by atoms with van der Waals surface area (Å²) in [4.78, 5) is 5.57. The largest absolute Gasteiger partial charge is 0.384 e. The zero-order valence-corrected chi connectivity index (χ0v) is 11.0. The zero-order valence-electron chi connectivity index (χ0n) is 10.2. The molecule has 18 heavy (non-hydrogen) atoms. The van der Waals surface area contributed by atoms with Gasteiger partial charge in [0.25, 0.3) is 0 Å².